The van der Waals surface area contributed by atoms with E-state index in [9.17, 15) is 4.79 Å². The van der Waals surface area contributed by atoms with E-state index in [1.165, 1.54) is 0 Å². The maximum atomic E-state index is 11.8. The van der Waals surface area contributed by atoms with Crippen LogP contribution in [0.15, 0.2) is 48.5 Å². The van der Waals surface area contributed by atoms with Gasteiger partial charge in [0.2, 0.25) is 5.91 Å². The number of benzene rings is 2. The number of nitrogen functional groups attached to an aromatic ring is 1. The zero-order valence-electron chi connectivity index (χ0n) is 12.5. The highest BCUT2D eigenvalue weighted by Gasteiger charge is 2.03. The zero-order valence-corrected chi connectivity index (χ0v) is 12.5. The number of rotatable bonds is 7. The third-order valence-corrected chi connectivity index (χ3v) is 3.05. The number of nitrogens with two attached hydrogens (primary N) is 1. The molecule has 1 amide bonds. The van der Waals surface area contributed by atoms with Crippen molar-refractivity contribution in [2.24, 2.45) is 0 Å². The van der Waals surface area contributed by atoms with Crippen molar-refractivity contribution >= 4 is 17.3 Å². The number of carbonyl (C=O) groups excluding carboxylic acids is 1. The number of carbonyl (C=O) groups is 1. The fraction of sp³-hybridized carbons (Fsp3) is 0.235. The summed E-state index contributed by atoms with van der Waals surface area (Å²) in [5, 5.41) is 2.81. The molecule has 0 saturated heterocycles. The van der Waals surface area contributed by atoms with Gasteiger partial charge in [0.05, 0.1) is 13.7 Å². The molecule has 0 heterocycles. The average Bonchev–Trinajstić information content (AvgIpc) is 2.52. The van der Waals surface area contributed by atoms with Crippen LogP contribution in [0.3, 0.4) is 0 Å². The fourth-order valence-corrected chi connectivity index (χ4v) is 1.93. The molecule has 0 atom stereocenters. The van der Waals surface area contributed by atoms with Crippen molar-refractivity contribution in [3.63, 3.8) is 0 Å². The van der Waals surface area contributed by atoms with Crippen LogP contribution >= 0.6 is 0 Å². The molecule has 2 rings (SSSR count). The Kier molecular flexibility index (Phi) is 5.65. The largest absolute Gasteiger partial charge is 0.497 e. The van der Waals surface area contributed by atoms with E-state index in [0.29, 0.717) is 30.8 Å². The topological polar surface area (TPSA) is 73.6 Å². The standard InChI is InChI=1S/C17H20N2O3/c1-21-15-7-9-16(10-8-15)22-11-3-6-17(20)19-14-5-2-4-13(18)12-14/h2,4-5,7-10,12H,3,6,11,18H2,1H3,(H,19,20). The molecule has 0 aliphatic rings. The minimum atomic E-state index is -0.0519. The zero-order chi connectivity index (χ0) is 15.8. The van der Waals surface area contributed by atoms with E-state index in [2.05, 4.69) is 5.32 Å². The van der Waals surface area contributed by atoms with Crippen molar-refractivity contribution in [1.29, 1.82) is 0 Å². The third kappa shape index (κ3) is 5.01. The molecule has 0 saturated carbocycles. The highest BCUT2D eigenvalue weighted by molar-refractivity contribution is 5.91. The van der Waals surface area contributed by atoms with E-state index in [1.54, 1.807) is 25.3 Å². The first-order valence-electron chi connectivity index (χ1n) is 7.09. The molecule has 0 radical (unpaired) electrons. The van der Waals surface area contributed by atoms with Gasteiger partial charge in [-0.3, -0.25) is 4.79 Å². The average molecular weight is 300 g/mol. The summed E-state index contributed by atoms with van der Waals surface area (Å²) in [7, 11) is 1.62. The Balaban J connectivity index is 1.68. The predicted molar refractivity (Wildman–Crippen MR) is 87.2 cm³/mol. The van der Waals surface area contributed by atoms with Crippen LogP contribution in [-0.2, 0) is 4.79 Å². The first-order chi connectivity index (χ1) is 10.7. The van der Waals surface area contributed by atoms with E-state index in [0.717, 1.165) is 11.5 Å². The molecular formula is C17H20N2O3. The summed E-state index contributed by atoms with van der Waals surface area (Å²) in [6.45, 7) is 0.483. The SMILES string of the molecule is COc1ccc(OCCCC(=O)Nc2cccc(N)c2)cc1. The van der Waals surface area contributed by atoms with Gasteiger partial charge in [-0.2, -0.15) is 0 Å². The van der Waals surface area contributed by atoms with Crippen LogP contribution in [0.4, 0.5) is 11.4 Å². The molecule has 0 bridgehead atoms. The molecule has 0 spiro atoms. The highest BCUT2D eigenvalue weighted by Crippen LogP contribution is 2.17. The molecule has 5 nitrogen and oxygen atoms in total. The van der Waals surface area contributed by atoms with E-state index in [4.69, 9.17) is 15.2 Å². The van der Waals surface area contributed by atoms with Crippen LogP contribution in [0.25, 0.3) is 0 Å². The van der Waals surface area contributed by atoms with Gasteiger partial charge in [0.25, 0.3) is 0 Å². The number of methoxy groups -OCH3 is 1. The molecule has 22 heavy (non-hydrogen) atoms. The maximum absolute atomic E-state index is 11.8. The molecule has 5 heteroatoms. The lowest BCUT2D eigenvalue weighted by Crippen LogP contribution is -2.12. The van der Waals surface area contributed by atoms with Gasteiger partial charge < -0.3 is 20.5 Å². The van der Waals surface area contributed by atoms with Crippen LogP contribution in [-0.4, -0.2) is 19.6 Å². The Bertz CT molecular complexity index is 612. The molecule has 0 unspecified atom stereocenters. The predicted octanol–water partition coefficient (Wildman–Crippen LogP) is 3.08. The lowest BCUT2D eigenvalue weighted by Gasteiger charge is -2.08. The minimum Gasteiger partial charge on any atom is -0.497 e. The molecule has 0 aliphatic carbocycles. The van der Waals surface area contributed by atoms with Crippen LogP contribution in [0, 0.1) is 0 Å². The maximum Gasteiger partial charge on any atom is 0.224 e. The van der Waals surface area contributed by atoms with Crippen molar-refractivity contribution in [1.82, 2.24) is 0 Å². The normalized spacial score (nSPS) is 10.0. The molecule has 0 aromatic heterocycles. The van der Waals surface area contributed by atoms with E-state index in [1.807, 2.05) is 30.3 Å². The van der Waals surface area contributed by atoms with Crippen LogP contribution < -0.4 is 20.5 Å². The van der Waals surface area contributed by atoms with Crippen molar-refractivity contribution in [3.05, 3.63) is 48.5 Å². The highest BCUT2D eigenvalue weighted by atomic mass is 16.5. The quantitative estimate of drug-likeness (QED) is 0.609. The summed E-state index contributed by atoms with van der Waals surface area (Å²) >= 11 is 0. The van der Waals surface area contributed by atoms with Crippen molar-refractivity contribution in [3.8, 4) is 11.5 Å². The van der Waals surface area contributed by atoms with Crippen LogP contribution in [0.5, 0.6) is 11.5 Å². The van der Waals surface area contributed by atoms with E-state index in [-0.39, 0.29) is 5.91 Å². The van der Waals surface area contributed by atoms with Crippen molar-refractivity contribution in [2.75, 3.05) is 24.8 Å². The molecule has 2 aromatic rings. The summed E-state index contributed by atoms with van der Waals surface area (Å²) in [5.74, 6) is 1.50. The van der Waals surface area contributed by atoms with Crippen molar-refractivity contribution in [2.45, 2.75) is 12.8 Å². The summed E-state index contributed by atoms with van der Waals surface area (Å²) < 4.78 is 10.6. The Labute approximate surface area is 130 Å². The van der Waals surface area contributed by atoms with Gasteiger partial charge in [0.1, 0.15) is 11.5 Å². The first kappa shape index (κ1) is 15.7. The molecule has 3 N–H and O–H groups in total. The minimum absolute atomic E-state index is 0.0519. The van der Waals surface area contributed by atoms with Gasteiger partial charge >= 0.3 is 0 Å². The smallest absolute Gasteiger partial charge is 0.224 e. The van der Waals surface area contributed by atoms with E-state index >= 15 is 0 Å². The summed E-state index contributed by atoms with van der Waals surface area (Å²) in [4.78, 5) is 11.8. The summed E-state index contributed by atoms with van der Waals surface area (Å²) in [5.41, 5.74) is 7.00. The second-order valence-corrected chi connectivity index (χ2v) is 4.80. The molecular weight excluding hydrogens is 280 g/mol. The Morgan fingerprint density at radius 2 is 1.86 bits per heavy atom. The lowest BCUT2D eigenvalue weighted by atomic mass is 10.2. The van der Waals surface area contributed by atoms with Crippen LogP contribution in [0.2, 0.25) is 0 Å². The number of ether oxygens (including phenoxy) is 2. The Hall–Kier alpha value is -2.69. The third-order valence-electron chi connectivity index (χ3n) is 3.05. The van der Waals surface area contributed by atoms with Crippen LogP contribution in [0.1, 0.15) is 12.8 Å². The number of nitrogens with one attached hydrogen (secondary N) is 1. The Morgan fingerprint density at radius 3 is 2.55 bits per heavy atom. The first-order valence-corrected chi connectivity index (χ1v) is 7.09. The summed E-state index contributed by atoms with van der Waals surface area (Å²) in [6.07, 6.45) is 1.03. The molecule has 2 aromatic carbocycles. The number of anilines is 2. The summed E-state index contributed by atoms with van der Waals surface area (Å²) in [6, 6.07) is 14.5. The lowest BCUT2D eigenvalue weighted by molar-refractivity contribution is -0.116. The van der Waals surface area contributed by atoms with Gasteiger partial charge in [0.15, 0.2) is 0 Å². The molecule has 0 aliphatic heterocycles. The second-order valence-electron chi connectivity index (χ2n) is 4.80. The van der Waals surface area contributed by atoms with Gasteiger partial charge in [-0.1, -0.05) is 6.07 Å². The van der Waals surface area contributed by atoms with Gasteiger partial charge in [-0.15, -0.1) is 0 Å². The van der Waals surface area contributed by atoms with Gasteiger partial charge in [-0.25, -0.2) is 0 Å². The second kappa shape index (κ2) is 7.93. The monoisotopic (exact) mass is 300 g/mol. The number of amides is 1. The molecule has 0 fully saturated rings. The molecule has 116 valence electrons. The van der Waals surface area contributed by atoms with Crippen molar-refractivity contribution < 1.29 is 14.3 Å². The fourth-order valence-electron chi connectivity index (χ4n) is 1.93. The van der Waals surface area contributed by atoms with Gasteiger partial charge in [0, 0.05) is 17.8 Å². The van der Waals surface area contributed by atoms with E-state index < -0.39 is 0 Å². The Morgan fingerprint density at radius 1 is 1.14 bits per heavy atom. The number of hydrogen-bond donors (Lipinski definition) is 2. The van der Waals surface area contributed by atoms with Gasteiger partial charge in [-0.05, 0) is 48.9 Å². The number of hydrogen-bond acceptors (Lipinski definition) is 4.